The first kappa shape index (κ1) is 24.7. The van der Waals surface area contributed by atoms with Crippen molar-refractivity contribution in [1.82, 2.24) is 9.80 Å². The summed E-state index contributed by atoms with van der Waals surface area (Å²) in [7, 11) is 4.02. The first-order valence-electron chi connectivity index (χ1n) is 12.8. The van der Waals surface area contributed by atoms with E-state index in [0.29, 0.717) is 12.8 Å². The lowest BCUT2D eigenvalue weighted by Gasteiger charge is -2.55. The molecular weight excluding hydrogens is 424 g/mol. The molecule has 34 heavy (non-hydrogen) atoms. The minimum atomic E-state index is -0.468. The van der Waals surface area contributed by atoms with Gasteiger partial charge in [-0.25, -0.2) is 0 Å². The number of hydrogen-bond donors (Lipinski definition) is 2. The Morgan fingerprint density at radius 3 is 2.68 bits per heavy atom. The van der Waals surface area contributed by atoms with Gasteiger partial charge in [-0.1, -0.05) is 48.9 Å². The number of phenols is 1. The molecule has 2 N–H and O–H groups in total. The lowest BCUT2D eigenvalue weighted by molar-refractivity contribution is -0.136. The predicted molar refractivity (Wildman–Crippen MR) is 136 cm³/mol. The molecule has 1 saturated heterocycles. The van der Waals surface area contributed by atoms with Gasteiger partial charge in [-0.3, -0.25) is 4.79 Å². The van der Waals surface area contributed by atoms with E-state index >= 15 is 0 Å². The summed E-state index contributed by atoms with van der Waals surface area (Å²) in [5, 5.41) is 21.4. The maximum absolute atomic E-state index is 13.1. The number of aliphatic hydroxyl groups is 1. The topological polar surface area (TPSA) is 64.0 Å². The minimum absolute atomic E-state index is 0.00817. The largest absolute Gasteiger partial charge is 0.508 e. The molecule has 184 valence electrons. The first-order valence-corrected chi connectivity index (χ1v) is 12.8. The maximum Gasteiger partial charge on any atom is 0.222 e. The summed E-state index contributed by atoms with van der Waals surface area (Å²) in [4.78, 5) is 17.3. The van der Waals surface area contributed by atoms with Gasteiger partial charge in [-0.15, -0.1) is 0 Å². The monoisotopic (exact) mass is 464 g/mol. The van der Waals surface area contributed by atoms with Gasteiger partial charge in [0.2, 0.25) is 5.91 Å². The summed E-state index contributed by atoms with van der Waals surface area (Å²) in [5.41, 5.74) is 2.22. The third-order valence-corrected chi connectivity index (χ3v) is 8.30. The Morgan fingerprint density at radius 1 is 1.12 bits per heavy atom. The second-order valence-corrected chi connectivity index (χ2v) is 10.5. The van der Waals surface area contributed by atoms with E-state index < -0.39 is 6.10 Å². The summed E-state index contributed by atoms with van der Waals surface area (Å²) < 4.78 is 0. The summed E-state index contributed by atoms with van der Waals surface area (Å²) in [6.45, 7) is 1.79. The lowest BCUT2D eigenvalue weighted by atomic mass is 9.57. The predicted octanol–water partition coefficient (Wildman–Crippen LogP) is 4.37. The van der Waals surface area contributed by atoms with E-state index in [2.05, 4.69) is 42.3 Å². The Bertz CT molecular complexity index is 949. The number of benzene rings is 2. The minimum Gasteiger partial charge on any atom is -0.508 e. The van der Waals surface area contributed by atoms with Crippen LogP contribution in [0.4, 0.5) is 0 Å². The van der Waals surface area contributed by atoms with Crippen molar-refractivity contribution in [3.05, 3.63) is 65.7 Å². The van der Waals surface area contributed by atoms with Gasteiger partial charge in [-0.05, 0) is 75.4 Å². The molecule has 4 rings (SSSR count). The zero-order chi connectivity index (χ0) is 24.1. The second-order valence-electron chi connectivity index (χ2n) is 10.5. The van der Waals surface area contributed by atoms with E-state index in [-0.39, 0.29) is 29.0 Å². The van der Waals surface area contributed by atoms with Crippen LogP contribution in [0.1, 0.15) is 56.1 Å². The van der Waals surface area contributed by atoms with Crippen LogP contribution in [0.3, 0.4) is 0 Å². The molecule has 0 bridgehead atoms. The number of rotatable bonds is 8. The van der Waals surface area contributed by atoms with Crippen LogP contribution in [0.25, 0.3) is 0 Å². The van der Waals surface area contributed by atoms with E-state index in [9.17, 15) is 15.0 Å². The van der Waals surface area contributed by atoms with Crippen molar-refractivity contribution in [2.24, 2.45) is 5.92 Å². The van der Waals surface area contributed by atoms with Gasteiger partial charge in [0.1, 0.15) is 5.75 Å². The SMILES string of the molecule is CN1CCC2(c3cccc(O)c3)CC(N(C)C(=O)CCCCCc3ccccc3)CC(O)C2C1. The van der Waals surface area contributed by atoms with Gasteiger partial charge in [0.25, 0.3) is 0 Å². The van der Waals surface area contributed by atoms with Gasteiger partial charge < -0.3 is 20.0 Å². The zero-order valence-electron chi connectivity index (χ0n) is 20.7. The second kappa shape index (κ2) is 10.9. The van der Waals surface area contributed by atoms with E-state index in [4.69, 9.17) is 0 Å². The fourth-order valence-corrected chi connectivity index (χ4v) is 6.26. The standard InChI is InChI=1S/C29H40N2O3/c1-30-17-16-29(23-13-9-14-25(32)18-23)20-24(19-27(33)26(29)21-30)31(2)28(34)15-8-4-7-12-22-10-5-3-6-11-22/h3,5-6,9-11,13-14,18,24,26-27,32-33H,4,7-8,12,15-17,19-21H2,1-2H3. The van der Waals surface area contributed by atoms with Crippen molar-refractivity contribution in [2.75, 3.05) is 27.2 Å². The quantitative estimate of drug-likeness (QED) is 0.570. The van der Waals surface area contributed by atoms with Gasteiger partial charge in [0.05, 0.1) is 6.10 Å². The number of carbonyl (C=O) groups excluding carboxylic acids is 1. The molecular formula is C29H40N2O3. The van der Waals surface area contributed by atoms with Gasteiger partial charge >= 0.3 is 0 Å². The molecule has 5 nitrogen and oxygen atoms in total. The molecule has 4 unspecified atom stereocenters. The van der Waals surface area contributed by atoms with Crippen molar-refractivity contribution in [2.45, 2.75) is 68.9 Å². The summed E-state index contributed by atoms with van der Waals surface area (Å²) in [5.74, 6) is 0.543. The number of aryl methyl sites for hydroxylation is 1. The highest BCUT2D eigenvalue weighted by Crippen LogP contribution is 2.50. The van der Waals surface area contributed by atoms with Crippen molar-refractivity contribution in [3.8, 4) is 5.75 Å². The van der Waals surface area contributed by atoms with Crippen molar-refractivity contribution >= 4 is 5.91 Å². The van der Waals surface area contributed by atoms with Crippen LogP contribution in [-0.2, 0) is 16.6 Å². The maximum atomic E-state index is 13.1. The van der Waals surface area contributed by atoms with Crippen LogP contribution in [-0.4, -0.2) is 65.3 Å². The highest BCUT2D eigenvalue weighted by Gasteiger charge is 2.52. The third kappa shape index (κ3) is 5.47. The number of unbranched alkanes of at least 4 members (excludes halogenated alkanes) is 2. The molecule has 0 radical (unpaired) electrons. The number of likely N-dealkylation sites (tertiary alicyclic amines) is 1. The number of amides is 1. The van der Waals surface area contributed by atoms with E-state index in [1.54, 1.807) is 6.07 Å². The summed E-state index contributed by atoms with van der Waals surface area (Å²) in [6, 6.07) is 18.1. The average molecular weight is 465 g/mol. The van der Waals surface area contributed by atoms with Crippen LogP contribution >= 0.6 is 0 Å². The van der Waals surface area contributed by atoms with Gasteiger partial charge in [-0.2, -0.15) is 0 Å². The Kier molecular flexibility index (Phi) is 7.95. The molecule has 4 atom stereocenters. The van der Waals surface area contributed by atoms with Crippen LogP contribution < -0.4 is 0 Å². The summed E-state index contributed by atoms with van der Waals surface area (Å²) in [6.07, 6.45) is 6.57. The van der Waals surface area contributed by atoms with E-state index in [0.717, 1.165) is 57.2 Å². The number of hydrogen-bond acceptors (Lipinski definition) is 4. The highest BCUT2D eigenvalue weighted by molar-refractivity contribution is 5.76. The highest BCUT2D eigenvalue weighted by atomic mass is 16.3. The van der Waals surface area contributed by atoms with E-state index in [1.807, 2.05) is 30.1 Å². The van der Waals surface area contributed by atoms with Crippen molar-refractivity contribution < 1.29 is 15.0 Å². The van der Waals surface area contributed by atoms with E-state index in [1.165, 1.54) is 5.56 Å². The lowest BCUT2D eigenvalue weighted by Crippen LogP contribution is -2.60. The molecule has 2 fully saturated rings. The zero-order valence-corrected chi connectivity index (χ0v) is 20.7. The molecule has 2 aromatic rings. The molecule has 1 aliphatic carbocycles. The van der Waals surface area contributed by atoms with Gasteiger partial charge in [0, 0.05) is 37.4 Å². The van der Waals surface area contributed by atoms with Crippen LogP contribution in [0.5, 0.6) is 5.75 Å². The fraction of sp³-hybridized carbons (Fsp3) is 0.552. The van der Waals surface area contributed by atoms with Crippen molar-refractivity contribution in [1.29, 1.82) is 0 Å². The number of aromatic hydroxyl groups is 1. The summed E-state index contributed by atoms with van der Waals surface area (Å²) >= 11 is 0. The van der Waals surface area contributed by atoms with Crippen LogP contribution in [0.15, 0.2) is 54.6 Å². The molecule has 0 aromatic heterocycles. The Labute approximate surface area is 204 Å². The van der Waals surface area contributed by atoms with Gasteiger partial charge in [0.15, 0.2) is 0 Å². The Morgan fingerprint density at radius 2 is 1.91 bits per heavy atom. The molecule has 2 aromatic carbocycles. The number of piperidine rings is 1. The number of nitrogens with zero attached hydrogens (tertiary/aromatic N) is 2. The number of phenolic OH excluding ortho intramolecular Hbond substituents is 1. The number of carbonyl (C=O) groups is 1. The molecule has 1 heterocycles. The number of fused-ring (bicyclic) bond motifs is 1. The smallest absolute Gasteiger partial charge is 0.222 e. The third-order valence-electron chi connectivity index (χ3n) is 8.30. The molecule has 1 aliphatic heterocycles. The molecule has 1 saturated carbocycles. The molecule has 0 spiro atoms. The number of aliphatic hydroxyl groups excluding tert-OH is 1. The fourth-order valence-electron chi connectivity index (χ4n) is 6.26. The van der Waals surface area contributed by atoms with Crippen LogP contribution in [0, 0.1) is 5.92 Å². The molecule has 5 heteroatoms. The Hall–Kier alpha value is -2.37. The Balaban J connectivity index is 1.39. The normalized spacial score (nSPS) is 27.2. The van der Waals surface area contributed by atoms with Crippen LogP contribution in [0.2, 0.25) is 0 Å². The average Bonchev–Trinajstić information content (AvgIpc) is 2.84. The molecule has 1 amide bonds. The molecule has 2 aliphatic rings. The first-order chi connectivity index (χ1) is 16.4. The van der Waals surface area contributed by atoms with Crippen molar-refractivity contribution in [3.63, 3.8) is 0 Å².